The van der Waals surface area contributed by atoms with Crippen LogP contribution in [0.1, 0.15) is 52.9 Å². The van der Waals surface area contributed by atoms with Gasteiger partial charge in [-0.3, -0.25) is 4.79 Å². The van der Waals surface area contributed by atoms with Crippen molar-refractivity contribution in [2.24, 2.45) is 17.8 Å². The zero-order chi connectivity index (χ0) is 11.3. The fourth-order valence-corrected chi connectivity index (χ4v) is 2.27. The van der Waals surface area contributed by atoms with E-state index in [2.05, 4.69) is 20.8 Å². The summed E-state index contributed by atoms with van der Waals surface area (Å²) in [4.78, 5) is 11.5. The van der Waals surface area contributed by atoms with Gasteiger partial charge in [0.2, 0.25) is 0 Å². The highest BCUT2D eigenvalue weighted by atomic mass is 16.5. The summed E-state index contributed by atoms with van der Waals surface area (Å²) in [6, 6.07) is 0. The van der Waals surface area contributed by atoms with E-state index in [1.165, 1.54) is 12.8 Å². The molecule has 0 radical (unpaired) electrons. The number of carbonyl (C=O) groups excluding carboxylic acids is 1. The molecular weight excluding hydrogens is 188 g/mol. The van der Waals surface area contributed by atoms with Gasteiger partial charge in [-0.2, -0.15) is 0 Å². The summed E-state index contributed by atoms with van der Waals surface area (Å²) in [5.41, 5.74) is 0. The fourth-order valence-electron chi connectivity index (χ4n) is 2.27. The van der Waals surface area contributed by atoms with E-state index in [9.17, 15) is 4.79 Å². The summed E-state index contributed by atoms with van der Waals surface area (Å²) in [5, 5.41) is 0. The minimum absolute atomic E-state index is 0.0401. The molecule has 0 unspecified atom stereocenters. The third-order valence-corrected chi connectivity index (χ3v) is 3.33. The molecule has 0 spiro atoms. The summed E-state index contributed by atoms with van der Waals surface area (Å²) >= 11 is 0. The quantitative estimate of drug-likeness (QED) is 0.653. The topological polar surface area (TPSA) is 26.3 Å². The zero-order valence-electron chi connectivity index (χ0n) is 10.3. The molecule has 88 valence electrons. The largest absolute Gasteiger partial charge is 0.465 e. The second-order valence-electron chi connectivity index (χ2n) is 5.22. The van der Waals surface area contributed by atoms with Crippen molar-refractivity contribution in [3.63, 3.8) is 0 Å². The lowest BCUT2D eigenvalue weighted by molar-refractivity contribution is -0.155. The van der Waals surface area contributed by atoms with Gasteiger partial charge in [0, 0.05) is 0 Å². The first-order valence-electron chi connectivity index (χ1n) is 6.28. The van der Waals surface area contributed by atoms with Crippen LogP contribution in [0, 0.1) is 17.8 Å². The summed E-state index contributed by atoms with van der Waals surface area (Å²) in [7, 11) is 0. The maximum absolute atomic E-state index is 11.5. The lowest BCUT2D eigenvalue weighted by atomic mass is 9.84. The Morgan fingerprint density at radius 2 is 2.07 bits per heavy atom. The number of carbonyl (C=O) groups is 1. The van der Waals surface area contributed by atoms with E-state index < -0.39 is 0 Å². The fraction of sp³-hybridized carbons (Fsp3) is 0.923. The van der Waals surface area contributed by atoms with E-state index >= 15 is 0 Å². The van der Waals surface area contributed by atoms with Gasteiger partial charge in [0.05, 0.1) is 12.5 Å². The Balaban J connectivity index is 2.25. The Morgan fingerprint density at radius 1 is 1.33 bits per heavy atom. The van der Waals surface area contributed by atoms with Crippen LogP contribution in [-0.2, 0) is 9.53 Å². The van der Waals surface area contributed by atoms with Crippen LogP contribution in [0.4, 0.5) is 0 Å². The van der Waals surface area contributed by atoms with E-state index in [-0.39, 0.29) is 11.9 Å². The summed E-state index contributed by atoms with van der Waals surface area (Å²) in [5.74, 6) is 1.48. The smallest absolute Gasteiger partial charge is 0.309 e. The van der Waals surface area contributed by atoms with Crippen LogP contribution in [0.5, 0.6) is 0 Å². The Kier molecular flexibility index (Phi) is 5.13. The average Bonchev–Trinajstić information content (AvgIpc) is 2.17. The monoisotopic (exact) mass is 212 g/mol. The number of hydrogen-bond acceptors (Lipinski definition) is 2. The first-order chi connectivity index (χ1) is 7.11. The Bertz CT molecular complexity index is 199. The van der Waals surface area contributed by atoms with Crippen molar-refractivity contribution >= 4 is 5.97 Å². The van der Waals surface area contributed by atoms with E-state index in [0.29, 0.717) is 12.5 Å². The SMILES string of the molecule is CC(C)CCC[C@@H](C)[C@H]1CCCOC1=O. The molecule has 1 rings (SSSR count). The zero-order valence-corrected chi connectivity index (χ0v) is 10.3. The molecule has 1 saturated heterocycles. The molecule has 2 atom stereocenters. The van der Waals surface area contributed by atoms with E-state index in [0.717, 1.165) is 25.2 Å². The molecule has 0 N–H and O–H groups in total. The molecule has 0 aliphatic carbocycles. The standard InChI is InChI=1S/C13H24O2/c1-10(2)6-4-7-11(3)12-8-5-9-15-13(12)14/h10-12H,4-9H2,1-3H3/t11-,12-/m1/s1. The molecule has 15 heavy (non-hydrogen) atoms. The number of cyclic esters (lactones) is 1. The summed E-state index contributed by atoms with van der Waals surface area (Å²) < 4.78 is 5.10. The van der Waals surface area contributed by atoms with Crippen molar-refractivity contribution in [2.45, 2.75) is 52.9 Å². The molecule has 0 aromatic carbocycles. The van der Waals surface area contributed by atoms with Gasteiger partial charge in [0.25, 0.3) is 0 Å². The first-order valence-corrected chi connectivity index (χ1v) is 6.28. The van der Waals surface area contributed by atoms with Crippen LogP contribution in [0.15, 0.2) is 0 Å². The van der Waals surface area contributed by atoms with Gasteiger partial charge in [-0.15, -0.1) is 0 Å². The van der Waals surface area contributed by atoms with Crippen molar-refractivity contribution in [3.05, 3.63) is 0 Å². The van der Waals surface area contributed by atoms with Crippen molar-refractivity contribution in [1.82, 2.24) is 0 Å². The summed E-state index contributed by atoms with van der Waals surface area (Å²) in [6.07, 6.45) is 5.75. The molecule has 1 fully saturated rings. The van der Waals surface area contributed by atoms with Crippen molar-refractivity contribution < 1.29 is 9.53 Å². The molecule has 1 heterocycles. The van der Waals surface area contributed by atoms with Crippen LogP contribution in [0.25, 0.3) is 0 Å². The second kappa shape index (κ2) is 6.14. The molecule has 2 heteroatoms. The van der Waals surface area contributed by atoms with Gasteiger partial charge < -0.3 is 4.74 Å². The minimum Gasteiger partial charge on any atom is -0.465 e. The maximum Gasteiger partial charge on any atom is 0.309 e. The van der Waals surface area contributed by atoms with Crippen LogP contribution in [-0.4, -0.2) is 12.6 Å². The lowest BCUT2D eigenvalue weighted by Gasteiger charge is -2.26. The van der Waals surface area contributed by atoms with Crippen molar-refractivity contribution in [3.8, 4) is 0 Å². The van der Waals surface area contributed by atoms with Crippen LogP contribution in [0.2, 0.25) is 0 Å². The predicted molar refractivity (Wildman–Crippen MR) is 61.5 cm³/mol. The normalized spacial score (nSPS) is 24.0. The minimum atomic E-state index is 0.0401. The van der Waals surface area contributed by atoms with E-state index in [4.69, 9.17) is 4.74 Å². The van der Waals surface area contributed by atoms with E-state index in [1.54, 1.807) is 0 Å². The van der Waals surface area contributed by atoms with Gasteiger partial charge >= 0.3 is 5.97 Å². The Morgan fingerprint density at radius 3 is 2.67 bits per heavy atom. The molecule has 2 nitrogen and oxygen atoms in total. The van der Waals surface area contributed by atoms with Gasteiger partial charge in [0.1, 0.15) is 0 Å². The van der Waals surface area contributed by atoms with Crippen LogP contribution in [0.3, 0.4) is 0 Å². The molecule has 0 bridgehead atoms. The third kappa shape index (κ3) is 4.23. The van der Waals surface area contributed by atoms with Gasteiger partial charge in [-0.1, -0.05) is 33.6 Å². The number of ether oxygens (including phenoxy) is 1. The molecule has 1 aliphatic heterocycles. The average molecular weight is 212 g/mol. The van der Waals surface area contributed by atoms with Gasteiger partial charge in [-0.25, -0.2) is 0 Å². The number of esters is 1. The van der Waals surface area contributed by atoms with Crippen LogP contribution >= 0.6 is 0 Å². The molecule has 0 saturated carbocycles. The van der Waals surface area contributed by atoms with Gasteiger partial charge in [0.15, 0.2) is 0 Å². The highest BCUT2D eigenvalue weighted by molar-refractivity contribution is 5.73. The maximum atomic E-state index is 11.5. The molecule has 0 aromatic rings. The molecule has 0 aromatic heterocycles. The highest BCUT2D eigenvalue weighted by Crippen LogP contribution is 2.27. The van der Waals surface area contributed by atoms with Crippen LogP contribution < -0.4 is 0 Å². The molecular formula is C13H24O2. The molecule has 1 aliphatic rings. The second-order valence-corrected chi connectivity index (χ2v) is 5.22. The Labute approximate surface area is 93.4 Å². The third-order valence-electron chi connectivity index (χ3n) is 3.33. The predicted octanol–water partition coefficient (Wildman–Crippen LogP) is 3.40. The Hall–Kier alpha value is -0.530. The molecule has 0 amide bonds. The van der Waals surface area contributed by atoms with Gasteiger partial charge in [-0.05, 0) is 31.1 Å². The lowest BCUT2D eigenvalue weighted by Crippen LogP contribution is -2.29. The van der Waals surface area contributed by atoms with Crippen molar-refractivity contribution in [1.29, 1.82) is 0 Å². The first kappa shape index (κ1) is 12.5. The summed E-state index contributed by atoms with van der Waals surface area (Å²) in [6.45, 7) is 7.32. The van der Waals surface area contributed by atoms with E-state index in [1.807, 2.05) is 0 Å². The van der Waals surface area contributed by atoms with Crippen molar-refractivity contribution in [2.75, 3.05) is 6.61 Å². The number of rotatable bonds is 5. The highest BCUT2D eigenvalue weighted by Gasteiger charge is 2.28. The number of hydrogen-bond donors (Lipinski definition) is 0.